The number of ether oxygens (including phenoxy) is 2. The Kier molecular flexibility index (Phi) is 7.84. The smallest absolute Gasteiger partial charge is 0.406 e. The van der Waals surface area contributed by atoms with E-state index in [-0.39, 0.29) is 24.0 Å². The summed E-state index contributed by atoms with van der Waals surface area (Å²) in [6.45, 7) is 5.69. The maximum Gasteiger partial charge on any atom is 0.406 e. The van der Waals surface area contributed by atoms with Crippen LogP contribution in [0.2, 0.25) is 0 Å². The van der Waals surface area contributed by atoms with Gasteiger partial charge in [0.05, 0.1) is 31.1 Å². The predicted molar refractivity (Wildman–Crippen MR) is 128 cm³/mol. The summed E-state index contributed by atoms with van der Waals surface area (Å²) in [7, 11) is 1.36. The van der Waals surface area contributed by atoms with Crippen LogP contribution >= 0.6 is 0 Å². The molecule has 34 heavy (non-hydrogen) atoms. The molecule has 3 atom stereocenters. The van der Waals surface area contributed by atoms with E-state index in [2.05, 4.69) is 35.3 Å². The molecule has 9 heteroatoms. The Bertz CT molecular complexity index is 967. The van der Waals surface area contributed by atoms with Crippen LogP contribution in [0.3, 0.4) is 0 Å². The Balaban J connectivity index is 1.53. The second-order valence-electron chi connectivity index (χ2n) is 9.11. The minimum absolute atomic E-state index is 0.0347. The van der Waals surface area contributed by atoms with E-state index in [4.69, 9.17) is 9.84 Å². The number of benzene rings is 1. The number of methoxy groups -OCH3 is 1. The molecule has 4 rings (SSSR count). The number of hydrogen-bond acceptors (Lipinski definition) is 6. The summed E-state index contributed by atoms with van der Waals surface area (Å²) in [5.74, 6) is 0.0347. The molecule has 0 bridgehead atoms. The Morgan fingerprint density at radius 1 is 1.32 bits per heavy atom. The van der Waals surface area contributed by atoms with Crippen LogP contribution in [-0.2, 0) is 20.7 Å². The first-order valence-electron chi connectivity index (χ1n) is 12.1. The quantitative estimate of drug-likeness (QED) is 0.548. The van der Waals surface area contributed by atoms with Gasteiger partial charge in [0.25, 0.3) is 5.91 Å². The molecular formula is C25H35N5O4. The molecule has 1 aliphatic heterocycles. The van der Waals surface area contributed by atoms with Crippen LogP contribution < -0.4 is 10.6 Å². The third-order valence-electron chi connectivity index (χ3n) is 6.38. The van der Waals surface area contributed by atoms with Gasteiger partial charge in [-0.25, -0.2) is 9.48 Å². The fraction of sp³-hybridized carbons (Fsp3) is 0.560. The van der Waals surface area contributed by atoms with Crippen LogP contribution in [0.1, 0.15) is 50.5 Å². The lowest BCUT2D eigenvalue weighted by atomic mass is 10.1. The van der Waals surface area contributed by atoms with E-state index >= 15 is 0 Å². The first-order chi connectivity index (χ1) is 16.5. The molecule has 1 saturated carbocycles. The number of aryl methyl sites for hydroxylation is 1. The molecule has 1 aromatic carbocycles. The van der Waals surface area contributed by atoms with Gasteiger partial charge in [0.15, 0.2) is 0 Å². The summed E-state index contributed by atoms with van der Waals surface area (Å²) in [5, 5.41) is 11.0. The number of rotatable bonds is 9. The number of hydrogen-bond donors (Lipinski definition) is 2. The van der Waals surface area contributed by atoms with Crippen molar-refractivity contribution in [3.8, 4) is 5.69 Å². The van der Waals surface area contributed by atoms with Crippen molar-refractivity contribution in [2.75, 3.05) is 26.8 Å². The van der Waals surface area contributed by atoms with E-state index in [9.17, 15) is 9.59 Å². The third-order valence-corrected chi connectivity index (χ3v) is 6.38. The van der Waals surface area contributed by atoms with Crippen LogP contribution in [0.4, 0.5) is 4.79 Å². The molecule has 1 aromatic heterocycles. The number of amides is 2. The van der Waals surface area contributed by atoms with Crippen molar-refractivity contribution >= 4 is 12.0 Å². The van der Waals surface area contributed by atoms with Crippen LogP contribution in [0.15, 0.2) is 36.4 Å². The van der Waals surface area contributed by atoms with Crippen molar-refractivity contribution in [1.29, 1.82) is 0 Å². The second-order valence-corrected chi connectivity index (χ2v) is 9.11. The molecule has 1 saturated heterocycles. The molecule has 0 radical (unpaired) electrons. The largest absolute Gasteiger partial charge is 0.453 e. The monoisotopic (exact) mass is 469 g/mol. The van der Waals surface area contributed by atoms with Gasteiger partial charge < -0.3 is 25.0 Å². The van der Waals surface area contributed by atoms with Crippen molar-refractivity contribution < 1.29 is 19.1 Å². The molecule has 0 spiro atoms. The average Bonchev–Trinajstić information content (AvgIpc) is 3.60. The van der Waals surface area contributed by atoms with Gasteiger partial charge in [0, 0.05) is 30.9 Å². The summed E-state index contributed by atoms with van der Waals surface area (Å²) in [5.41, 5.74) is 2.86. The van der Waals surface area contributed by atoms with Gasteiger partial charge in [0.1, 0.15) is 6.10 Å². The van der Waals surface area contributed by atoms with Gasteiger partial charge in [0.2, 0.25) is 0 Å². The third kappa shape index (κ3) is 5.77. The lowest BCUT2D eigenvalue weighted by molar-refractivity contribution is -0.149. The van der Waals surface area contributed by atoms with Gasteiger partial charge >= 0.3 is 6.09 Å². The van der Waals surface area contributed by atoms with Crippen molar-refractivity contribution in [3.63, 3.8) is 0 Å². The SMILES string of the molecule is COC(=O)NCCCc1cc([C@@H](C)N(C(=O)[C@H]2CN[C@@H](C)CO2)C2CC2)nn1-c1ccccc1. The maximum atomic E-state index is 13.4. The Morgan fingerprint density at radius 2 is 2.09 bits per heavy atom. The first-order valence-corrected chi connectivity index (χ1v) is 12.1. The molecule has 184 valence electrons. The lowest BCUT2D eigenvalue weighted by Crippen LogP contribution is -2.53. The van der Waals surface area contributed by atoms with E-state index in [1.54, 1.807) is 0 Å². The summed E-state index contributed by atoms with van der Waals surface area (Å²) in [6.07, 6.45) is 2.60. The zero-order valence-electron chi connectivity index (χ0n) is 20.2. The van der Waals surface area contributed by atoms with Crippen molar-refractivity contribution in [2.45, 2.75) is 63.8 Å². The zero-order valence-corrected chi connectivity index (χ0v) is 20.2. The molecule has 0 unspecified atom stereocenters. The number of carbonyl (C=O) groups excluding carboxylic acids is 2. The van der Waals surface area contributed by atoms with E-state index in [0.717, 1.165) is 42.8 Å². The van der Waals surface area contributed by atoms with Crippen LogP contribution in [0.25, 0.3) is 5.69 Å². The topological polar surface area (TPSA) is 97.7 Å². The van der Waals surface area contributed by atoms with Crippen molar-refractivity contribution in [2.24, 2.45) is 0 Å². The number of morpholine rings is 1. The highest BCUT2D eigenvalue weighted by Crippen LogP contribution is 2.35. The predicted octanol–water partition coefficient (Wildman–Crippen LogP) is 2.59. The Morgan fingerprint density at radius 3 is 2.74 bits per heavy atom. The lowest BCUT2D eigenvalue weighted by Gasteiger charge is -2.34. The maximum absolute atomic E-state index is 13.4. The molecule has 2 N–H and O–H groups in total. The summed E-state index contributed by atoms with van der Waals surface area (Å²) >= 11 is 0. The normalized spacial score (nSPS) is 21.0. The van der Waals surface area contributed by atoms with E-state index in [1.165, 1.54) is 7.11 Å². The number of para-hydroxylation sites is 1. The van der Waals surface area contributed by atoms with E-state index in [1.807, 2.05) is 39.9 Å². The zero-order chi connectivity index (χ0) is 24.1. The van der Waals surface area contributed by atoms with Gasteiger partial charge in [-0.2, -0.15) is 5.10 Å². The summed E-state index contributed by atoms with van der Waals surface area (Å²) in [4.78, 5) is 26.8. The Hall–Kier alpha value is -2.91. The highest BCUT2D eigenvalue weighted by molar-refractivity contribution is 5.82. The van der Waals surface area contributed by atoms with Gasteiger partial charge in [-0.3, -0.25) is 4.79 Å². The van der Waals surface area contributed by atoms with Crippen LogP contribution in [0.5, 0.6) is 0 Å². The summed E-state index contributed by atoms with van der Waals surface area (Å²) in [6, 6.07) is 12.4. The summed E-state index contributed by atoms with van der Waals surface area (Å²) < 4.78 is 12.5. The standard InChI is InChI=1S/C25H35N5O4/c1-17-16-34-23(15-27-17)24(31)29(19-11-12-19)18(2)22-14-21(10-7-13-26-25(32)33-3)30(28-22)20-8-5-4-6-9-20/h4-6,8-9,14,17-19,23,27H,7,10-13,15-16H2,1-3H3,(H,26,32)/t17-,18+,23+/m0/s1. The fourth-order valence-electron chi connectivity index (χ4n) is 4.34. The molecule has 2 aliphatic rings. The van der Waals surface area contributed by atoms with Gasteiger partial charge in [-0.05, 0) is 57.7 Å². The highest BCUT2D eigenvalue weighted by Gasteiger charge is 2.41. The molecule has 9 nitrogen and oxygen atoms in total. The molecule has 2 aromatic rings. The number of nitrogens with one attached hydrogen (secondary N) is 2. The molecule has 2 heterocycles. The van der Waals surface area contributed by atoms with Crippen molar-refractivity contribution in [1.82, 2.24) is 25.3 Å². The number of carbonyl (C=O) groups is 2. The van der Waals surface area contributed by atoms with Crippen LogP contribution in [0, 0.1) is 0 Å². The molecule has 2 amide bonds. The van der Waals surface area contributed by atoms with Gasteiger partial charge in [-0.15, -0.1) is 0 Å². The number of nitrogens with zero attached hydrogens (tertiary/aromatic N) is 3. The van der Waals surface area contributed by atoms with Crippen molar-refractivity contribution in [3.05, 3.63) is 47.8 Å². The average molecular weight is 470 g/mol. The fourth-order valence-corrected chi connectivity index (χ4v) is 4.34. The minimum atomic E-state index is -0.459. The first kappa shape index (κ1) is 24.2. The molecule has 2 fully saturated rings. The van der Waals surface area contributed by atoms with Crippen LogP contribution in [-0.4, -0.2) is 71.7 Å². The molecular weight excluding hydrogens is 434 g/mol. The minimum Gasteiger partial charge on any atom is -0.453 e. The number of aromatic nitrogens is 2. The second kappa shape index (κ2) is 11.0. The highest BCUT2D eigenvalue weighted by atomic mass is 16.5. The van der Waals surface area contributed by atoms with E-state index < -0.39 is 12.2 Å². The Labute approximate surface area is 200 Å². The van der Waals surface area contributed by atoms with E-state index in [0.29, 0.717) is 19.7 Å². The number of alkyl carbamates (subject to hydrolysis) is 1. The van der Waals surface area contributed by atoms with Gasteiger partial charge in [-0.1, -0.05) is 18.2 Å². The molecule has 1 aliphatic carbocycles.